The van der Waals surface area contributed by atoms with Crippen LogP contribution < -0.4 is 15.2 Å². The molecule has 0 saturated heterocycles. The van der Waals surface area contributed by atoms with Crippen molar-refractivity contribution in [1.82, 2.24) is 0 Å². The van der Waals surface area contributed by atoms with Crippen LogP contribution in [0.4, 0.5) is 0 Å². The maximum atomic E-state index is 5.53. The van der Waals surface area contributed by atoms with Gasteiger partial charge in [-0.05, 0) is 49.4 Å². The second kappa shape index (κ2) is 7.17. The Hall–Kier alpha value is -1.22. The van der Waals surface area contributed by atoms with E-state index >= 15 is 0 Å². The highest BCUT2D eigenvalue weighted by Crippen LogP contribution is 2.30. The quantitative estimate of drug-likeness (QED) is 0.741. The number of aryl methyl sites for hydroxylation is 1. The van der Waals surface area contributed by atoms with Crippen LogP contribution in [0.3, 0.4) is 0 Å². The monoisotopic (exact) mass is 237 g/mol. The standard InChI is InChI=1S/C14H23NO2/c1-4-13-11(7-5-6-8-15)9-12(16-2)10-14(13)17-3/h9-10H,4-8,15H2,1-3H3. The maximum absolute atomic E-state index is 5.53. The summed E-state index contributed by atoms with van der Waals surface area (Å²) in [5.41, 5.74) is 8.13. The largest absolute Gasteiger partial charge is 0.497 e. The fourth-order valence-corrected chi connectivity index (χ4v) is 2.06. The molecule has 1 rings (SSSR count). The number of hydrogen-bond donors (Lipinski definition) is 1. The smallest absolute Gasteiger partial charge is 0.126 e. The third-order valence-corrected chi connectivity index (χ3v) is 2.98. The Morgan fingerprint density at radius 1 is 1.12 bits per heavy atom. The molecule has 0 fully saturated rings. The number of nitrogens with two attached hydrogens (primary N) is 1. The van der Waals surface area contributed by atoms with Gasteiger partial charge in [-0.3, -0.25) is 0 Å². The first-order valence-corrected chi connectivity index (χ1v) is 6.20. The zero-order valence-electron chi connectivity index (χ0n) is 11.1. The molecule has 0 bridgehead atoms. The molecule has 0 amide bonds. The molecular weight excluding hydrogens is 214 g/mol. The van der Waals surface area contributed by atoms with Crippen molar-refractivity contribution in [2.24, 2.45) is 5.73 Å². The van der Waals surface area contributed by atoms with Crippen molar-refractivity contribution in [3.8, 4) is 11.5 Å². The van der Waals surface area contributed by atoms with Gasteiger partial charge in [0.2, 0.25) is 0 Å². The van der Waals surface area contributed by atoms with Crippen LogP contribution in [0.2, 0.25) is 0 Å². The minimum atomic E-state index is 0.753. The van der Waals surface area contributed by atoms with Crippen molar-refractivity contribution in [2.75, 3.05) is 20.8 Å². The summed E-state index contributed by atoms with van der Waals surface area (Å²) in [6.07, 6.45) is 4.18. The van der Waals surface area contributed by atoms with E-state index in [0.29, 0.717) is 0 Å². The molecule has 0 aromatic heterocycles. The number of hydrogen-bond acceptors (Lipinski definition) is 3. The van der Waals surface area contributed by atoms with E-state index < -0.39 is 0 Å². The predicted octanol–water partition coefficient (Wildman–Crippen LogP) is 2.55. The van der Waals surface area contributed by atoms with Gasteiger partial charge >= 0.3 is 0 Å². The molecule has 3 nitrogen and oxygen atoms in total. The van der Waals surface area contributed by atoms with Crippen LogP contribution in [0.15, 0.2) is 12.1 Å². The first kappa shape index (κ1) is 13.8. The Balaban J connectivity index is 2.97. The highest BCUT2D eigenvalue weighted by molar-refractivity contribution is 5.46. The van der Waals surface area contributed by atoms with Crippen molar-refractivity contribution in [3.63, 3.8) is 0 Å². The van der Waals surface area contributed by atoms with Gasteiger partial charge in [-0.2, -0.15) is 0 Å². The Bertz CT molecular complexity index is 350. The molecule has 2 N–H and O–H groups in total. The van der Waals surface area contributed by atoms with Gasteiger partial charge < -0.3 is 15.2 Å². The van der Waals surface area contributed by atoms with Gasteiger partial charge in [0.05, 0.1) is 14.2 Å². The van der Waals surface area contributed by atoms with Crippen LogP contribution >= 0.6 is 0 Å². The lowest BCUT2D eigenvalue weighted by Gasteiger charge is -2.14. The van der Waals surface area contributed by atoms with Crippen molar-refractivity contribution in [1.29, 1.82) is 0 Å². The Kier molecular flexibility index (Phi) is 5.84. The number of rotatable bonds is 7. The summed E-state index contributed by atoms with van der Waals surface area (Å²) in [5.74, 6) is 1.79. The predicted molar refractivity (Wildman–Crippen MR) is 70.9 cm³/mol. The van der Waals surface area contributed by atoms with Gasteiger partial charge in [-0.25, -0.2) is 0 Å². The van der Waals surface area contributed by atoms with Crippen LogP contribution in [-0.4, -0.2) is 20.8 Å². The van der Waals surface area contributed by atoms with Gasteiger partial charge in [0, 0.05) is 6.07 Å². The molecule has 0 aliphatic carbocycles. The summed E-state index contributed by atoms with van der Waals surface area (Å²) in [5, 5.41) is 0. The average Bonchev–Trinajstić information content (AvgIpc) is 2.37. The van der Waals surface area contributed by atoms with Crippen LogP contribution in [0, 0.1) is 0 Å². The van der Waals surface area contributed by atoms with E-state index in [1.807, 2.05) is 6.07 Å². The molecule has 17 heavy (non-hydrogen) atoms. The summed E-state index contributed by atoms with van der Waals surface area (Å²) in [6, 6.07) is 4.06. The molecular formula is C14H23NO2. The fraction of sp³-hybridized carbons (Fsp3) is 0.571. The summed E-state index contributed by atoms with van der Waals surface area (Å²) in [6.45, 7) is 2.90. The molecule has 96 valence electrons. The van der Waals surface area contributed by atoms with Crippen molar-refractivity contribution < 1.29 is 9.47 Å². The van der Waals surface area contributed by atoms with Crippen LogP contribution in [0.5, 0.6) is 11.5 Å². The van der Waals surface area contributed by atoms with Crippen LogP contribution in [0.25, 0.3) is 0 Å². The van der Waals surface area contributed by atoms with Crippen molar-refractivity contribution in [2.45, 2.75) is 32.6 Å². The lowest BCUT2D eigenvalue weighted by Crippen LogP contribution is -2.02. The van der Waals surface area contributed by atoms with E-state index in [1.165, 1.54) is 11.1 Å². The lowest BCUT2D eigenvalue weighted by atomic mass is 9.98. The van der Waals surface area contributed by atoms with E-state index in [-0.39, 0.29) is 0 Å². The SMILES string of the molecule is CCc1c(CCCCN)cc(OC)cc1OC. The Morgan fingerprint density at radius 2 is 1.88 bits per heavy atom. The van der Waals surface area contributed by atoms with Crippen molar-refractivity contribution >= 4 is 0 Å². The second-order valence-electron chi connectivity index (χ2n) is 4.07. The van der Waals surface area contributed by atoms with Crippen LogP contribution in [-0.2, 0) is 12.8 Å². The Morgan fingerprint density at radius 3 is 2.41 bits per heavy atom. The van der Waals surface area contributed by atoms with Crippen molar-refractivity contribution in [3.05, 3.63) is 23.3 Å². The summed E-state index contributed by atoms with van der Waals surface area (Å²) in [7, 11) is 3.39. The molecule has 0 radical (unpaired) electrons. The van der Waals surface area contributed by atoms with Gasteiger partial charge in [0.15, 0.2) is 0 Å². The first-order chi connectivity index (χ1) is 8.26. The Labute approximate surface area is 104 Å². The summed E-state index contributed by atoms with van der Waals surface area (Å²) < 4.78 is 10.7. The molecule has 3 heteroatoms. The number of methoxy groups -OCH3 is 2. The molecule has 0 spiro atoms. The normalized spacial score (nSPS) is 10.4. The number of ether oxygens (including phenoxy) is 2. The first-order valence-electron chi connectivity index (χ1n) is 6.20. The van der Waals surface area contributed by atoms with E-state index in [4.69, 9.17) is 15.2 Å². The fourth-order valence-electron chi connectivity index (χ4n) is 2.06. The molecule has 0 saturated carbocycles. The van der Waals surface area contributed by atoms with Crippen LogP contribution in [0.1, 0.15) is 30.9 Å². The topological polar surface area (TPSA) is 44.5 Å². The average molecular weight is 237 g/mol. The molecule has 0 aliphatic heterocycles. The van der Waals surface area contributed by atoms with Gasteiger partial charge in [-0.1, -0.05) is 6.92 Å². The lowest BCUT2D eigenvalue weighted by molar-refractivity contribution is 0.390. The highest BCUT2D eigenvalue weighted by Gasteiger charge is 2.10. The molecule has 0 aliphatic rings. The number of benzene rings is 1. The third kappa shape index (κ3) is 3.63. The van der Waals surface area contributed by atoms with E-state index in [0.717, 1.165) is 43.7 Å². The molecule has 1 aromatic carbocycles. The van der Waals surface area contributed by atoms with E-state index in [2.05, 4.69) is 13.0 Å². The molecule has 0 unspecified atom stereocenters. The number of unbranched alkanes of at least 4 members (excludes halogenated alkanes) is 1. The van der Waals surface area contributed by atoms with E-state index in [9.17, 15) is 0 Å². The van der Waals surface area contributed by atoms with Gasteiger partial charge in [-0.15, -0.1) is 0 Å². The van der Waals surface area contributed by atoms with Gasteiger partial charge in [0.25, 0.3) is 0 Å². The summed E-state index contributed by atoms with van der Waals surface area (Å²) >= 11 is 0. The molecule has 1 aromatic rings. The minimum Gasteiger partial charge on any atom is -0.497 e. The maximum Gasteiger partial charge on any atom is 0.126 e. The van der Waals surface area contributed by atoms with Gasteiger partial charge in [0.1, 0.15) is 11.5 Å². The highest BCUT2D eigenvalue weighted by atomic mass is 16.5. The van der Waals surface area contributed by atoms with E-state index in [1.54, 1.807) is 14.2 Å². The second-order valence-corrected chi connectivity index (χ2v) is 4.07. The zero-order chi connectivity index (χ0) is 12.7. The molecule has 0 heterocycles. The zero-order valence-corrected chi connectivity index (χ0v) is 11.1. The third-order valence-electron chi connectivity index (χ3n) is 2.98. The molecule has 0 atom stereocenters. The minimum absolute atomic E-state index is 0.753. The summed E-state index contributed by atoms with van der Waals surface area (Å²) in [4.78, 5) is 0.